The molecular formula is C28H30N4O4. The summed E-state index contributed by atoms with van der Waals surface area (Å²) in [5, 5.41) is 12.5. The number of ether oxygens (including phenoxy) is 3. The minimum Gasteiger partial charge on any atom is -0.489 e. The van der Waals surface area contributed by atoms with Crippen LogP contribution in [0, 0.1) is 11.3 Å². The van der Waals surface area contributed by atoms with Crippen LogP contribution in [0.15, 0.2) is 54.7 Å². The Balaban J connectivity index is 1.44. The van der Waals surface area contributed by atoms with Crippen molar-refractivity contribution in [3.05, 3.63) is 77.2 Å². The van der Waals surface area contributed by atoms with E-state index in [0.29, 0.717) is 56.3 Å². The van der Waals surface area contributed by atoms with Gasteiger partial charge >= 0.3 is 0 Å². The quantitative estimate of drug-likeness (QED) is 0.437. The molecule has 1 N–H and O–H groups in total. The minimum absolute atomic E-state index is 0.0417. The number of amides is 1. The number of carbonyl (C=O) groups is 1. The van der Waals surface area contributed by atoms with E-state index in [1.165, 1.54) is 0 Å². The van der Waals surface area contributed by atoms with E-state index >= 15 is 0 Å². The molecule has 36 heavy (non-hydrogen) atoms. The van der Waals surface area contributed by atoms with Gasteiger partial charge in [0.15, 0.2) is 0 Å². The summed E-state index contributed by atoms with van der Waals surface area (Å²) in [6, 6.07) is 17.5. The van der Waals surface area contributed by atoms with Crippen molar-refractivity contribution >= 4 is 5.91 Å². The molecule has 186 valence electrons. The fourth-order valence-corrected chi connectivity index (χ4v) is 4.07. The van der Waals surface area contributed by atoms with Gasteiger partial charge in [-0.25, -0.2) is 9.97 Å². The maximum atomic E-state index is 12.1. The van der Waals surface area contributed by atoms with Gasteiger partial charge in [0.25, 0.3) is 0 Å². The lowest BCUT2D eigenvalue weighted by Crippen LogP contribution is -2.28. The average molecular weight is 487 g/mol. The van der Waals surface area contributed by atoms with Crippen LogP contribution in [-0.4, -0.2) is 55.5 Å². The molecule has 0 saturated carbocycles. The summed E-state index contributed by atoms with van der Waals surface area (Å²) in [7, 11) is 1.60. The van der Waals surface area contributed by atoms with E-state index in [4.69, 9.17) is 19.2 Å². The second-order valence-electron chi connectivity index (χ2n) is 8.63. The predicted octanol–water partition coefficient (Wildman–Crippen LogP) is 3.47. The number of rotatable bonds is 10. The SMILES string of the molecule is COCCNC(=O)Cc1cccc(Cc2nccc(-c3ccc(OC4CCOCC4)c(C#N)c3)n2)c1. The number of hydrogen-bond donors (Lipinski definition) is 1. The Hall–Kier alpha value is -3.80. The van der Waals surface area contributed by atoms with Crippen LogP contribution in [0.25, 0.3) is 11.3 Å². The van der Waals surface area contributed by atoms with E-state index in [1.54, 1.807) is 13.3 Å². The summed E-state index contributed by atoms with van der Waals surface area (Å²) in [5.41, 5.74) is 4.00. The number of nitrogens with one attached hydrogen (secondary N) is 1. The maximum absolute atomic E-state index is 12.1. The molecule has 8 heteroatoms. The third-order valence-corrected chi connectivity index (χ3v) is 5.91. The van der Waals surface area contributed by atoms with E-state index < -0.39 is 0 Å². The first-order valence-electron chi connectivity index (χ1n) is 12.1. The fraction of sp³-hybridized carbons (Fsp3) is 0.357. The molecule has 0 radical (unpaired) electrons. The first-order valence-corrected chi connectivity index (χ1v) is 12.1. The molecule has 0 bridgehead atoms. The zero-order chi connectivity index (χ0) is 25.2. The summed E-state index contributed by atoms with van der Waals surface area (Å²) in [4.78, 5) is 21.3. The summed E-state index contributed by atoms with van der Waals surface area (Å²) >= 11 is 0. The molecule has 0 aliphatic carbocycles. The number of hydrogen-bond acceptors (Lipinski definition) is 7. The van der Waals surface area contributed by atoms with Crippen LogP contribution in [0.4, 0.5) is 0 Å². The Bertz CT molecular complexity index is 1220. The monoisotopic (exact) mass is 486 g/mol. The van der Waals surface area contributed by atoms with Gasteiger partial charge in [-0.15, -0.1) is 0 Å². The van der Waals surface area contributed by atoms with Gasteiger partial charge < -0.3 is 19.5 Å². The van der Waals surface area contributed by atoms with E-state index in [0.717, 1.165) is 35.2 Å². The van der Waals surface area contributed by atoms with Crippen molar-refractivity contribution < 1.29 is 19.0 Å². The first kappa shape index (κ1) is 25.3. The van der Waals surface area contributed by atoms with Crippen molar-refractivity contribution in [1.29, 1.82) is 5.26 Å². The normalized spacial score (nSPS) is 13.7. The summed E-state index contributed by atoms with van der Waals surface area (Å²) in [6.45, 7) is 2.34. The molecular weight excluding hydrogens is 456 g/mol. The lowest BCUT2D eigenvalue weighted by atomic mass is 10.0. The van der Waals surface area contributed by atoms with Crippen molar-refractivity contribution in [2.24, 2.45) is 0 Å². The number of nitrogens with zero attached hydrogens (tertiary/aromatic N) is 3. The third-order valence-electron chi connectivity index (χ3n) is 5.91. The van der Waals surface area contributed by atoms with Crippen LogP contribution in [0.3, 0.4) is 0 Å². The molecule has 1 aromatic heterocycles. The zero-order valence-electron chi connectivity index (χ0n) is 20.4. The number of aromatic nitrogens is 2. The lowest BCUT2D eigenvalue weighted by molar-refractivity contribution is -0.120. The Labute approximate surface area is 211 Å². The van der Waals surface area contributed by atoms with Crippen molar-refractivity contribution in [3.8, 4) is 23.1 Å². The van der Waals surface area contributed by atoms with Crippen LogP contribution in [-0.2, 0) is 27.1 Å². The van der Waals surface area contributed by atoms with E-state index in [2.05, 4.69) is 16.4 Å². The van der Waals surface area contributed by atoms with Gasteiger partial charge in [0, 0.05) is 44.7 Å². The average Bonchev–Trinajstić information content (AvgIpc) is 2.90. The Kier molecular flexibility index (Phi) is 8.98. The predicted molar refractivity (Wildman–Crippen MR) is 134 cm³/mol. The van der Waals surface area contributed by atoms with Crippen molar-refractivity contribution in [3.63, 3.8) is 0 Å². The van der Waals surface area contributed by atoms with Crippen molar-refractivity contribution in [2.45, 2.75) is 31.8 Å². The van der Waals surface area contributed by atoms with Gasteiger partial charge in [0.1, 0.15) is 23.7 Å². The number of benzene rings is 2. The van der Waals surface area contributed by atoms with Gasteiger partial charge in [0.05, 0.1) is 37.5 Å². The second kappa shape index (κ2) is 12.8. The molecule has 2 aromatic carbocycles. The van der Waals surface area contributed by atoms with Crippen LogP contribution in [0.2, 0.25) is 0 Å². The highest BCUT2D eigenvalue weighted by molar-refractivity contribution is 5.78. The molecule has 0 atom stereocenters. The Morgan fingerprint density at radius 3 is 2.81 bits per heavy atom. The highest BCUT2D eigenvalue weighted by Gasteiger charge is 2.17. The van der Waals surface area contributed by atoms with Gasteiger partial charge in [-0.3, -0.25) is 4.79 Å². The highest BCUT2D eigenvalue weighted by atomic mass is 16.5. The van der Waals surface area contributed by atoms with E-state index in [-0.39, 0.29) is 12.0 Å². The smallest absolute Gasteiger partial charge is 0.224 e. The van der Waals surface area contributed by atoms with Crippen LogP contribution >= 0.6 is 0 Å². The molecule has 0 spiro atoms. The number of nitriles is 1. The summed E-state index contributed by atoms with van der Waals surface area (Å²) < 4.78 is 16.4. The standard InChI is InChI=1S/C28H30N4O4/c1-34-14-11-31-28(33)17-21-4-2-3-20(15-21)16-27-30-10-7-25(32-27)22-5-6-26(23(18-22)19-29)36-24-8-12-35-13-9-24/h2-7,10,15,18,24H,8-9,11-14,16-17H2,1H3,(H,31,33). The Morgan fingerprint density at radius 1 is 1.17 bits per heavy atom. The maximum Gasteiger partial charge on any atom is 0.224 e. The topological polar surface area (TPSA) is 106 Å². The lowest BCUT2D eigenvalue weighted by Gasteiger charge is -2.23. The Morgan fingerprint density at radius 2 is 2.00 bits per heavy atom. The molecule has 1 fully saturated rings. The van der Waals surface area contributed by atoms with Crippen molar-refractivity contribution in [1.82, 2.24) is 15.3 Å². The third kappa shape index (κ3) is 7.11. The van der Waals surface area contributed by atoms with E-state index in [1.807, 2.05) is 48.5 Å². The molecule has 8 nitrogen and oxygen atoms in total. The molecule has 2 heterocycles. The van der Waals surface area contributed by atoms with Gasteiger partial charge in [0.2, 0.25) is 5.91 Å². The van der Waals surface area contributed by atoms with Gasteiger partial charge in [-0.05, 0) is 35.4 Å². The van der Waals surface area contributed by atoms with E-state index in [9.17, 15) is 10.1 Å². The molecule has 1 aliphatic heterocycles. The summed E-state index contributed by atoms with van der Waals surface area (Å²) in [5.74, 6) is 1.21. The second-order valence-corrected chi connectivity index (χ2v) is 8.63. The van der Waals surface area contributed by atoms with Crippen LogP contribution in [0.1, 0.15) is 35.4 Å². The number of methoxy groups -OCH3 is 1. The largest absolute Gasteiger partial charge is 0.489 e. The summed E-state index contributed by atoms with van der Waals surface area (Å²) in [6.07, 6.45) is 4.27. The molecule has 1 saturated heterocycles. The van der Waals surface area contributed by atoms with Gasteiger partial charge in [-0.2, -0.15) is 5.26 Å². The van der Waals surface area contributed by atoms with Crippen LogP contribution in [0.5, 0.6) is 5.75 Å². The van der Waals surface area contributed by atoms with Crippen LogP contribution < -0.4 is 10.1 Å². The molecule has 0 unspecified atom stereocenters. The first-order chi connectivity index (χ1) is 17.6. The molecule has 4 rings (SSSR count). The fourth-order valence-electron chi connectivity index (χ4n) is 4.07. The van der Waals surface area contributed by atoms with Gasteiger partial charge in [-0.1, -0.05) is 24.3 Å². The molecule has 1 amide bonds. The number of carbonyl (C=O) groups excluding carboxylic acids is 1. The van der Waals surface area contributed by atoms with Crippen molar-refractivity contribution in [2.75, 3.05) is 33.5 Å². The molecule has 1 aliphatic rings. The zero-order valence-corrected chi connectivity index (χ0v) is 20.4. The highest BCUT2D eigenvalue weighted by Crippen LogP contribution is 2.27. The molecule has 3 aromatic rings. The minimum atomic E-state index is -0.0417.